The third-order valence-electron chi connectivity index (χ3n) is 4.50. The van der Waals surface area contributed by atoms with E-state index in [2.05, 4.69) is 29.2 Å². The van der Waals surface area contributed by atoms with E-state index in [0.717, 1.165) is 25.3 Å². The minimum atomic E-state index is 0.230. The molecule has 2 aromatic rings. The maximum absolute atomic E-state index is 9.37. The minimum Gasteiger partial charge on any atom is -0.489 e. The monoisotopic (exact) mass is 311 g/mol. The van der Waals surface area contributed by atoms with Crippen molar-refractivity contribution in [3.05, 3.63) is 65.7 Å². The number of rotatable bonds is 7. The molecule has 3 heteroatoms. The summed E-state index contributed by atoms with van der Waals surface area (Å²) in [6, 6.07) is 18.9. The summed E-state index contributed by atoms with van der Waals surface area (Å²) in [5.41, 5.74) is 2.44. The van der Waals surface area contributed by atoms with Crippen LogP contribution in [0.2, 0.25) is 0 Å². The molecule has 1 aliphatic heterocycles. The van der Waals surface area contributed by atoms with Crippen molar-refractivity contribution in [3.8, 4) is 5.75 Å². The summed E-state index contributed by atoms with van der Waals surface area (Å²) in [6.45, 7) is 3.09. The second-order valence-corrected chi connectivity index (χ2v) is 6.11. The van der Waals surface area contributed by atoms with Gasteiger partial charge in [0.05, 0.1) is 0 Å². The van der Waals surface area contributed by atoms with Crippen LogP contribution in [-0.2, 0) is 6.61 Å². The van der Waals surface area contributed by atoms with Crippen molar-refractivity contribution >= 4 is 0 Å². The molecule has 23 heavy (non-hydrogen) atoms. The Morgan fingerprint density at radius 1 is 0.957 bits per heavy atom. The molecule has 1 saturated heterocycles. The van der Waals surface area contributed by atoms with Gasteiger partial charge in [0.15, 0.2) is 0 Å². The van der Waals surface area contributed by atoms with Crippen LogP contribution in [0.25, 0.3) is 0 Å². The normalized spacial score (nSPS) is 16.4. The molecule has 3 rings (SSSR count). The van der Waals surface area contributed by atoms with Crippen molar-refractivity contribution in [3.63, 3.8) is 0 Å². The molecule has 0 bridgehead atoms. The molecule has 1 aliphatic rings. The molecule has 1 fully saturated rings. The Hall–Kier alpha value is -1.84. The Morgan fingerprint density at radius 2 is 1.65 bits per heavy atom. The first-order chi connectivity index (χ1) is 11.4. The summed E-state index contributed by atoms with van der Waals surface area (Å²) in [6.07, 6.45) is 3.32. The third-order valence-corrected chi connectivity index (χ3v) is 4.50. The molecular formula is C20H25NO2. The lowest BCUT2D eigenvalue weighted by Gasteiger charge is -2.27. The third kappa shape index (κ3) is 4.34. The molecule has 2 aromatic carbocycles. The van der Waals surface area contributed by atoms with Crippen molar-refractivity contribution in [1.29, 1.82) is 0 Å². The summed E-state index contributed by atoms with van der Waals surface area (Å²) in [4.78, 5) is 2.48. The van der Waals surface area contributed by atoms with Crippen LogP contribution in [0, 0.1) is 0 Å². The summed E-state index contributed by atoms with van der Waals surface area (Å²) >= 11 is 0. The van der Waals surface area contributed by atoms with E-state index in [0.29, 0.717) is 12.6 Å². The first-order valence-corrected chi connectivity index (χ1v) is 8.48. The molecule has 0 aromatic heterocycles. The van der Waals surface area contributed by atoms with E-state index in [9.17, 15) is 5.11 Å². The second-order valence-electron chi connectivity index (χ2n) is 6.11. The molecule has 0 saturated carbocycles. The van der Waals surface area contributed by atoms with Crippen LogP contribution >= 0.6 is 0 Å². The lowest BCUT2D eigenvalue weighted by molar-refractivity contribution is 0.185. The largest absolute Gasteiger partial charge is 0.489 e. The zero-order chi connectivity index (χ0) is 15.9. The van der Waals surface area contributed by atoms with Crippen LogP contribution in [0.5, 0.6) is 5.75 Å². The molecule has 1 unspecified atom stereocenters. The van der Waals surface area contributed by atoms with Gasteiger partial charge in [-0.15, -0.1) is 0 Å². The first kappa shape index (κ1) is 16.0. The fourth-order valence-corrected chi connectivity index (χ4v) is 3.26. The number of aliphatic hydroxyl groups excluding tert-OH is 1. The molecule has 1 heterocycles. The highest BCUT2D eigenvalue weighted by Crippen LogP contribution is 2.29. The van der Waals surface area contributed by atoms with Crippen molar-refractivity contribution in [2.75, 3.05) is 19.7 Å². The molecule has 1 N–H and O–H groups in total. The SMILES string of the molecule is OCCC(c1ccc(OCc2ccccc2)cc1)N1CCCC1. The fourth-order valence-electron chi connectivity index (χ4n) is 3.26. The topological polar surface area (TPSA) is 32.7 Å². The van der Waals surface area contributed by atoms with Crippen LogP contribution in [0.15, 0.2) is 54.6 Å². The van der Waals surface area contributed by atoms with Crippen LogP contribution in [-0.4, -0.2) is 29.7 Å². The van der Waals surface area contributed by atoms with Crippen molar-refractivity contribution in [1.82, 2.24) is 4.90 Å². The van der Waals surface area contributed by atoms with Gasteiger partial charge in [-0.1, -0.05) is 42.5 Å². The van der Waals surface area contributed by atoms with Gasteiger partial charge in [0.25, 0.3) is 0 Å². The van der Waals surface area contributed by atoms with E-state index in [1.165, 1.54) is 24.0 Å². The molecule has 0 aliphatic carbocycles. The molecule has 3 nitrogen and oxygen atoms in total. The van der Waals surface area contributed by atoms with Gasteiger partial charge in [-0.05, 0) is 55.6 Å². The maximum atomic E-state index is 9.37. The highest BCUT2D eigenvalue weighted by Gasteiger charge is 2.22. The Kier molecular flexibility index (Phi) is 5.67. The van der Waals surface area contributed by atoms with Gasteiger partial charge in [-0.2, -0.15) is 0 Å². The van der Waals surface area contributed by atoms with Crippen LogP contribution in [0.1, 0.15) is 36.4 Å². The summed E-state index contributed by atoms with van der Waals surface area (Å²) in [5.74, 6) is 0.891. The van der Waals surface area contributed by atoms with E-state index < -0.39 is 0 Å². The van der Waals surface area contributed by atoms with Crippen molar-refractivity contribution < 1.29 is 9.84 Å². The number of hydrogen-bond donors (Lipinski definition) is 1. The molecular weight excluding hydrogens is 286 g/mol. The second kappa shape index (κ2) is 8.14. The summed E-state index contributed by atoms with van der Waals surface area (Å²) < 4.78 is 5.85. The lowest BCUT2D eigenvalue weighted by atomic mass is 10.0. The smallest absolute Gasteiger partial charge is 0.119 e. The Bertz CT molecular complexity index is 576. The summed E-state index contributed by atoms with van der Waals surface area (Å²) in [5, 5.41) is 9.37. The van der Waals surface area contributed by atoms with E-state index in [-0.39, 0.29) is 6.61 Å². The quantitative estimate of drug-likeness (QED) is 0.844. The van der Waals surface area contributed by atoms with E-state index in [1.807, 2.05) is 30.3 Å². The fraction of sp³-hybridized carbons (Fsp3) is 0.400. The van der Waals surface area contributed by atoms with E-state index >= 15 is 0 Å². The van der Waals surface area contributed by atoms with Crippen molar-refractivity contribution in [2.45, 2.75) is 31.9 Å². The maximum Gasteiger partial charge on any atom is 0.119 e. The minimum absolute atomic E-state index is 0.230. The van der Waals surface area contributed by atoms with Crippen LogP contribution in [0.3, 0.4) is 0 Å². The predicted molar refractivity (Wildman–Crippen MR) is 92.5 cm³/mol. The zero-order valence-corrected chi connectivity index (χ0v) is 13.5. The Labute approximate surface area is 138 Å². The van der Waals surface area contributed by atoms with Gasteiger partial charge >= 0.3 is 0 Å². The van der Waals surface area contributed by atoms with Gasteiger partial charge in [-0.3, -0.25) is 4.90 Å². The Morgan fingerprint density at radius 3 is 2.30 bits per heavy atom. The number of aliphatic hydroxyl groups is 1. The molecule has 0 radical (unpaired) electrons. The lowest BCUT2D eigenvalue weighted by Crippen LogP contribution is -2.26. The Balaban J connectivity index is 1.63. The number of nitrogens with zero attached hydrogens (tertiary/aromatic N) is 1. The van der Waals surface area contributed by atoms with Gasteiger partial charge in [0.2, 0.25) is 0 Å². The number of likely N-dealkylation sites (tertiary alicyclic amines) is 1. The molecule has 122 valence electrons. The molecule has 0 amide bonds. The first-order valence-electron chi connectivity index (χ1n) is 8.48. The van der Waals surface area contributed by atoms with Crippen LogP contribution < -0.4 is 4.74 Å². The van der Waals surface area contributed by atoms with Gasteiger partial charge < -0.3 is 9.84 Å². The van der Waals surface area contributed by atoms with E-state index in [1.54, 1.807) is 0 Å². The average Bonchev–Trinajstić information content (AvgIpc) is 3.14. The summed E-state index contributed by atoms with van der Waals surface area (Å²) in [7, 11) is 0. The average molecular weight is 311 g/mol. The molecule has 1 atom stereocenters. The number of hydrogen-bond acceptors (Lipinski definition) is 3. The van der Waals surface area contributed by atoms with Gasteiger partial charge in [-0.25, -0.2) is 0 Å². The van der Waals surface area contributed by atoms with Gasteiger partial charge in [0.1, 0.15) is 12.4 Å². The highest BCUT2D eigenvalue weighted by atomic mass is 16.5. The number of benzene rings is 2. The number of ether oxygens (including phenoxy) is 1. The van der Waals surface area contributed by atoms with Gasteiger partial charge in [0, 0.05) is 12.6 Å². The zero-order valence-electron chi connectivity index (χ0n) is 13.5. The predicted octanol–water partition coefficient (Wildman–Crippen LogP) is 3.78. The standard InChI is InChI=1S/C20H25NO2/c22-15-12-20(21-13-4-5-14-21)18-8-10-19(11-9-18)23-16-17-6-2-1-3-7-17/h1-3,6-11,20,22H,4-5,12-16H2. The van der Waals surface area contributed by atoms with E-state index in [4.69, 9.17) is 4.74 Å². The highest BCUT2D eigenvalue weighted by molar-refractivity contribution is 5.30. The van der Waals surface area contributed by atoms with Crippen molar-refractivity contribution in [2.24, 2.45) is 0 Å². The van der Waals surface area contributed by atoms with Crippen LogP contribution in [0.4, 0.5) is 0 Å². The molecule has 0 spiro atoms.